The Hall–Kier alpha value is -1.60. The zero-order valence-electron chi connectivity index (χ0n) is 9.83. The Bertz CT molecular complexity index is 449. The monoisotopic (exact) mass is 251 g/mol. The van der Waals surface area contributed by atoms with Crippen LogP contribution in [0.1, 0.15) is 37.2 Å². The van der Waals surface area contributed by atoms with Gasteiger partial charge in [-0.1, -0.05) is 25.4 Å². The fourth-order valence-electron chi connectivity index (χ4n) is 1.42. The third kappa shape index (κ3) is 3.18. The smallest absolute Gasteiger partial charge is 0.271 e. The van der Waals surface area contributed by atoms with Gasteiger partial charge in [-0.05, 0) is 25.0 Å². The van der Waals surface area contributed by atoms with Crippen LogP contribution in [0.15, 0.2) is 18.3 Å². The first-order valence-electron chi connectivity index (χ1n) is 5.42. The highest BCUT2D eigenvalue weighted by Crippen LogP contribution is 2.15. The van der Waals surface area contributed by atoms with Gasteiger partial charge in [0.2, 0.25) is 0 Å². The van der Waals surface area contributed by atoms with Crippen molar-refractivity contribution in [2.24, 2.45) is 0 Å². The van der Waals surface area contributed by atoms with Crippen LogP contribution in [0.4, 0.5) is 0 Å². The summed E-state index contributed by atoms with van der Waals surface area (Å²) in [5.41, 5.74) is -0.611. The highest BCUT2D eigenvalue weighted by Gasteiger charge is 2.28. The number of hydrogen-bond donors (Lipinski definition) is 1. The van der Waals surface area contributed by atoms with E-state index >= 15 is 0 Å². The minimum atomic E-state index is -0.832. The van der Waals surface area contributed by atoms with Gasteiger partial charge < -0.3 is 5.32 Å². The van der Waals surface area contributed by atoms with Crippen molar-refractivity contribution in [2.75, 3.05) is 0 Å². The summed E-state index contributed by atoms with van der Waals surface area (Å²) in [7, 11) is 0. The van der Waals surface area contributed by atoms with Crippen molar-refractivity contribution in [3.05, 3.63) is 29.0 Å². The minimum absolute atomic E-state index is 0.221. The number of aromatic nitrogens is 1. The molecule has 1 aromatic rings. The third-order valence-corrected chi connectivity index (χ3v) is 2.96. The quantitative estimate of drug-likeness (QED) is 0.894. The van der Waals surface area contributed by atoms with Gasteiger partial charge in [0, 0.05) is 11.2 Å². The maximum Gasteiger partial charge on any atom is 0.271 e. The summed E-state index contributed by atoms with van der Waals surface area (Å²) >= 11 is 5.78. The van der Waals surface area contributed by atoms with Gasteiger partial charge in [-0.3, -0.25) is 9.78 Å². The second-order valence-electron chi connectivity index (χ2n) is 3.71. The lowest BCUT2D eigenvalue weighted by molar-refractivity contribution is 0.0910. The summed E-state index contributed by atoms with van der Waals surface area (Å²) in [6.07, 6.45) is 2.56. The lowest BCUT2D eigenvalue weighted by Crippen LogP contribution is -2.46. The van der Waals surface area contributed by atoms with Crippen LogP contribution in [-0.4, -0.2) is 16.4 Å². The Balaban J connectivity index is 2.89. The molecule has 5 heteroatoms. The van der Waals surface area contributed by atoms with E-state index in [2.05, 4.69) is 16.4 Å². The van der Waals surface area contributed by atoms with Gasteiger partial charge in [0.05, 0.1) is 6.07 Å². The molecule has 0 spiro atoms. The maximum atomic E-state index is 11.9. The summed E-state index contributed by atoms with van der Waals surface area (Å²) in [6, 6.07) is 5.21. The number of rotatable bonds is 4. The molecule has 1 N–H and O–H groups in total. The summed E-state index contributed by atoms with van der Waals surface area (Å²) in [5, 5.41) is 12.3. The maximum absolute atomic E-state index is 11.9. The molecule has 1 heterocycles. The van der Waals surface area contributed by atoms with Crippen LogP contribution in [0.2, 0.25) is 5.02 Å². The molecule has 0 saturated carbocycles. The first-order valence-corrected chi connectivity index (χ1v) is 5.80. The fraction of sp³-hybridized carbons (Fsp3) is 0.417. The van der Waals surface area contributed by atoms with Gasteiger partial charge in [0.15, 0.2) is 0 Å². The second kappa shape index (κ2) is 5.65. The van der Waals surface area contributed by atoms with E-state index in [1.54, 1.807) is 6.07 Å². The molecule has 1 aromatic heterocycles. The highest BCUT2D eigenvalue weighted by molar-refractivity contribution is 6.30. The van der Waals surface area contributed by atoms with Gasteiger partial charge in [-0.2, -0.15) is 5.26 Å². The molecule has 4 nitrogen and oxygen atoms in total. The molecule has 17 heavy (non-hydrogen) atoms. The van der Waals surface area contributed by atoms with Crippen LogP contribution in [-0.2, 0) is 0 Å². The number of halogens is 1. The summed E-state index contributed by atoms with van der Waals surface area (Å²) in [5.74, 6) is -0.377. The lowest BCUT2D eigenvalue weighted by atomic mass is 9.94. The standard InChI is InChI=1S/C12H14ClN3O/c1-3-12(4-2,8-14)16-11(17)10-7-9(13)5-6-15-10/h5-7H,3-4H2,1-2H3,(H,16,17). The van der Waals surface area contributed by atoms with Gasteiger partial charge in [0.25, 0.3) is 5.91 Å². The largest absolute Gasteiger partial charge is 0.332 e. The van der Waals surface area contributed by atoms with E-state index in [1.165, 1.54) is 12.3 Å². The molecule has 90 valence electrons. The van der Waals surface area contributed by atoms with Crippen molar-refractivity contribution in [3.8, 4) is 6.07 Å². The average Bonchev–Trinajstić information content (AvgIpc) is 2.36. The van der Waals surface area contributed by atoms with E-state index in [9.17, 15) is 4.79 Å². The predicted molar refractivity (Wildman–Crippen MR) is 65.6 cm³/mol. The van der Waals surface area contributed by atoms with E-state index in [0.29, 0.717) is 17.9 Å². The van der Waals surface area contributed by atoms with Crippen LogP contribution in [0.3, 0.4) is 0 Å². The topological polar surface area (TPSA) is 65.8 Å². The van der Waals surface area contributed by atoms with Crippen molar-refractivity contribution >= 4 is 17.5 Å². The molecule has 0 aromatic carbocycles. The molecule has 0 aliphatic heterocycles. The normalized spacial score (nSPS) is 10.7. The van der Waals surface area contributed by atoms with Crippen LogP contribution in [0.25, 0.3) is 0 Å². The molecule has 0 fully saturated rings. The van der Waals surface area contributed by atoms with Gasteiger partial charge in [0.1, 0.15) is 11.2 Å². The summed E-state index contributed by atoms with van der Waals surface area (Å²) in [4.78, 5) is 15.8. The molecule has 1 rings (SSSR count). The number of pyridine rings is 1. The van der Waals surface area contributed by atoms with E-state index in [-0.39, 0.29) is 11.6 Å². The Morgan fingerprint density at radius 2 is 2.24 bits per heavy atom. The zero-order valence-corrected chi connectivity index (χ0v) is 10.6. The molecule has 0 aliphatic rings. The van der Waals surface area contributed by atoms with Crippen LogP contribution in [0, 0.1) is 11.3 Å². The molecule has 0 aliphatic carbocycles. The molecular weight excluding hydrogens is 238 g/mol. The molecule has 0 bridgehead atoms. The number of nitriles is 1. The van der Waals surface area contributed by atoms with Crippen molar-refractivity contribution in [1.82, 2.24) is 10.3 Å². The van der Waals surface area contributed by atoms with Crippen molar-refractivity contribution < 1.29 is 4.79 Å². The molecule has 0 radical (unpaired) electrons. The van der Waals surface area contributed by atoms with E-state index in [0.717, 1.165) is 0 Å². The van der Waals surface area contributed by atoms with Crippen molar-refractivity contribution in [2.45, 2.75) is 32.2 Å². The van der Waals surface area contributed by atoms with Crippen LogP contribution < -0.4 is 5.32 Å². The van der Waals surface area contributed by atoms with Gasteiger partial charge in [-0.25, -0.2) is 0 Å². The number of nitrogens with one attached hydrogen (secondary N) is 1. The Kier molecular flexibility index (Phi) is 4.47. The molecule has 0 unspecified atom stereocenters. The highest BCUT2D eigenvalue weighted by atomic mass is 35.5. The molecule has 0 atom stereocenters. The number of carbonyl (C=O) groups excluding carboxylic acids is 1. The van der Waals surface area contributed by atoms with E-state index < -0.39 is 5.54 Å². The van der Waals surface area contributed by atoms with Crippen molar-refractivity contribution in [1.29, 1.82) is 5.26 Å². The number of carbonyl (C=O) groups is 1. The predicted octanol–water partition coefficient (Wildman–Crippen LogP) is 2.55. The van der Waals surface area contributed by atoms with E-state index in [1.807, 2.05) is 13.8 Å². The molecule has 0 saturated heterocycles. The number of amides is 1. The first-order chi connectivity index (χ1) is 8.06. The Labute approximate surface area is 106 Å². The Morgan fingerprint density at radius 1 is 1.59 bits per heavy atom. The van der Waals surface area contributed by atoms with Gasteiger partial charge in [-0.15, -0.1) is 0 Å². The molecule has 1 amide bonds. The Morgan fingerprint density at radius 3 is 2.71 bits per heavy atom. The van der Waals surface area contributed by atoms with Gasteiger partial charge >= 0.3 is 0 Å². The number of hydrogen-bond acceptors (Lipinski definition) is 3. The second-order valence-corrected chi connectivity index (χ2v) is 4.15. The van der Waals surface area contributed by atoms with Crippen LogP contribution in [0.5, 0.6) is 0 Å². The zero-order chi connectivity index (χ0) is 12.9. The summed E-state index contributed by atoms with van der Waals surface area (Å²) in [6.45, 7) is 3.72. The summed E-state index contributed by atoms with van der Waals surface area (Å²) < 4.78 is 0. The first kappa shape index (κ1) is 13.5. The minimum Gasteiger partial charge on any atom is -0.332 e. The third-order valence-electron chi connectivity index (χ3n) is 2.73. The lowest BCUT2D eigenvalue weighted by Gasteiger charge is -2.24. The number of nitrogens with zero attached hydrogens (tertiary/aromatic N) is 2. The van der Waals surface area contributed by atoms with E-state index in [4.69, 9.17) is 16.9 Å². The molecular formula is C12H14ClN3O. The SMILES string of the molecule is CCC(C#N)(CC)NC(=O)c1cc(Cl)ccn1. The average molecular weight is 252 g/mol. The fourth-order valence-corrected chi connectivity index (χ4v) is 1.58. The van der Waals surface area contributed by atoms with Crippen LogP contribution >= 0.6 is 11.6 Å². The van der Waals surface area contributed by atoms with Crippen molar-refractivity contribution in [3.63, 3.8) is 0 Å².